The predicted octanol–water partition coefficient (Wildman–Crippen LogP) is 3.92. The monoisotopic (exact) mass is 302 g/mol. The molecule has 0 saturated heterocycles. The van der Waals surface area contributed by atoms with Crippen molar-refractivity contribution in [2.45, 2.75) is 18.9 Å². The van der Waals surface area contributed by atoms with Crippen LogP contribution in [-0.2, 0) is 6.42 Å². The molecule has 0 saturated carbocycles. The van der Waals surface area contributed by atoms with Crippen LogP contribution in [-0.4, -0.2) is 23.2 Å². The Morgan fingerprint density at radius 3 is 3.00 bits per heavy atom. The summed E-state index contributed by atoms with van der Waals surface area (Å²) in [6.07, 6.45) is 4.17. The zero-order valence-corrected chi connectivity index (χ0v) is 12.9. The molecule has 3 aromatic rings. The van der Waals surface area contributed by atoms with Gasteiger partial charge < -0.3 is 4.74 Å². The molecule has 0 amide bonds. The molecule has 0 radical (unpaired) electrons. The van der Waals surface area contributed by atoms with Crippen molar-refractivity contribution in [2.24, 2.45) is 0 Å². The number of rotatable bonds is 0. The van der Waals surface area contributed by atoms with Gasteiger partial charge >= 0.3 is 0 Å². The van der Waals surface area contributed by atoms with Crippen LogP contribution in [0.4, 0.5) is 0 Å². The van der Waals surface area contributed by atoms with Gasteiger partial charge in [-0.05, 0) is 42.2 Å². The zero-order valence-electron chi connectivity index (χ0n) is 12.9. The highest BCUT2D eigenvalue weighted by atomic mass is 16.5. The van der Waals surface area contributed by atoms with E-state index in [1.54, 1.807) is 0 Å². The summed E-state index contributed by atoms with van der Waals surface area (Å²) >= 11 is 0. The summed E-state index contributed by atoms with van der Waals surface area (Å²) in [7, 11) is 0. The minimum atomic E-state index is 0.269. The smallest absolute Gasteiger partial charge is 0.142 e. The number of benzene rings is 2. The van der Waals surface area contributed by atoms with Crippen molar-refractivity contribution in [2.75, 3.05) is 13.3 Å². The van der Waals surface area contributed by atoms with Crippen LogP contribution in [0, 0.1) is 0 Å². The summed E-state index contributed by atoms with van der Waals surface area (Å²) in [6, 6.07) is 17.5. The summed E-state index contributed by atoms with van der Waals surface area (Å²) in [5.41, 5.74) is 5.20. The number of nitrogens with zero attached hydrogens (tertiary/aromatic N) is 2. The van der Waals surface area contributed by atoms with Crippen molar-refractivity contribution in [3.05, 3.63) is 71.4 Å². The van der Waals surface area contributed by atoms with E-state index in [4.69, 9.17) is 4.74 Å². The SMILES string of the molecule is c1ccc2c(c1)CCCN1COc3ccc4ncccc4c3C21. The highest BCUT2D eigenvalue weighted by molar-refractivity contribution is 5.85. The fraction of sp³-hybridized carbons (Fsp3) is 0.250. The standard InChI is InChI=1S/C20H18N2O/c1-2-7-15-14(5-1)6-4-12-22-13-23-18-10-9-17-16(8-3-11-21-17)19(18)20(15)22/h1-3,5,7-11,20H,4,6,12-13H2. The normalized spacial score (nSPS) is 20.1. The van der Waals surface area contributed by atoms with Crippen LogP contribution in [0.2, 0.25) is 0 Å². The molecule has 0 spiro atoms. The lowest BCUT2D eigenvalue weighted by Crippen LogP contribution is -2.37. The molecule has 3 heteroatoms. The van der Waals surface area contributed by atoms with Crippen molar-refractivity contribution in [1.82, 2.24) is 9.88 Å². The molecule has 114 valence electrons. The van der Waals surface area contributed by atoms with Gasteiger partial charge in [-0.1, -0.05) is 30.3 Å². The molecule has 0 N–H and O–H groups in total. The third-order valence-corrected chi connectivity index (χ3v) is 5.05. The molecule has 0 fully saturated rings. The molecule has 23 heavy (non-hydrogen) atoms. The van der Waals surface area contributed by atoms with Crippen molar-refractivity contribution in [1.29, 1.82) is 0 Å². The van der Waals surface area contributed by atoms with Crippen LogP contribution in [0.5, 0.6) is 5.75 Å². The lowest BCUT2D eigenvalue weighted by Gasteiger charge is -2.37. The van der Waals surface area contributed by atoms with Crippen LogP contribution in [0.15, 0.2) is 54.7 Å². The van der Waals surface area contributed by atoms with Gasteiger partial charge in [0.15, 0.2) is 0 Å². The van der Waals surface area contributed by atoms with Gasteiger partial charge in [0, 0.05) is 23.7 Å². The van der Waals surface area contributed by atoms with Gasteiger partial charge in [-0.15, -0.1) is 0 Å². The molecule has 1 atom stereocenters. The van der Waals surface area contributed by atoms with Crippen LogP contribution < -0.4 is 4.74 Å². The fourth-order valence-corrected chi connectivity index (χ4v) is 4.02. The van der Waals surface area contributed by atoms with Gasteiger partial charge in [0.05, 0.1) is 11.6 Å². The number of aromatic nitrogens is 1. The van der Waals surface area contributed by atoms with Crippen LogP contribution in [0.25, 0.3) is 10.9 Å². The molecule has 5 rings (SSSR count). The molecule has 0 bridgehead atoms. The van der Waals surface area contributed by atoms with E-state index in [-0.39, 0.29) is 6.04 Å². The maximum absolute atomic E-state index is 6.07. The van der Waals surface area contributed by atoms with Gasteiger partial charge in [0.2, 0.25) is 0 Å². The number of hydrogen-bond donors (Lipinski definition) is 0. The highest BCUT2D eigenvalue weighted by Crippen LogP contribution is 2.44. The number of fused-ring (bicyclic) bond motifs is 7. The largest absolute Gasteiger partial charge is 0.478 e. The summed E-state index contributed by atoms with van der Waals surface area (Å²) in [5.74, 6) is 1.00. The molecule has 3 nitrogen and oxygen atoms in total. The highest BCUT2D eigenvalue weighted by Gasteiger charge is 2.34. The first kappa shape index (κ1) is 13.1. The van der Waals surface area contributed by atoms with E-state index in [1.165, 1.54) is 28.5 Å². The maximum atomic E-state index is 6.07. The zero-order chi connectivity index (χ0) is 15.2. The Kier molecular flexibility index (Phi) is 2.88. The third-order valence-electron chi connectivity index (χ3n) is 5.05. The van der Waals surface area contributed by atoms with E-state index in [0.717, 1.165) is 24.2 Å². The topological polar surface area (TPSA) is 25.4 Å². The van der Waals surface area contributed by atoms with E-state index in [9.17, 15) is 0 Å². The van der Waals surface area contributed by atoms with Crippen LogP contribution >= 0.6 is 0 Å². The first-order valence-electron chi connectivity index (χ1n) is 8.24. The molecular weight excluding hydrogens is 284 g/mol. The first-order chi connectivity index (χ1) is 11.4. The molecule has 2 aliphatic rings. The predicted molar refractivity (Wildman–Crippen MR) is 90.6 cm³/mol. The Bertz CT molecular complexity index is 890. The summed E-state index contributed by atoms with van der Waals surface area (Å²) in [5, 5.41) is 1.21. The number of hydrogen-bond acceptors (Lipinski definition) is 3. The summed E-state index contributed by atoms with van der Waals surface area (Å²) < 4.78 is 6.07. The quantitative estimate of drug-likeness (QED) is 0.629. The van der Waals surface area contributed by atoms with Crippen LogP contribution in [0.3, 0.4) is 0 Å². The molecule has 3 heterocycles. The van der Waals surface area contributed by atoms with E-state index in [1.807, 2.05) is 12.3 Å². The Balaban J connectivity index is 1.82. The van der Waals surface area contributed by atoms with Gasteiger partial charge in [0.25, 0.3) is 0 Å². The minimum Gasteiger partial charge on any atom is -0.478 e. The van der Waals surface area contributed by atoms with Gasteiger partial charge in [-0.2, -0.15) is 0 Å². The first-order valence-corrected chi connectivity index (χ1v) is 8.24. The second-order valence-electron chi connectivity index (χ2n) is 6.34. The second-order valence-corrected chi connectivity index (χ2v) is 6.34. The second kappa shape index (κ2) is 5.07. The lowest BCUT2D eigenvalue weighted by molar-refractivity contribution is 0.0765. The average Bonchev–Trinajstić information content (AvgIpc) is 2.80. The Labute approximate surface area is 135 Å². The fourth-order valence-electron chi connectivity index (χ4n) is 4.02. The van der Waals surface area contributed by atoms with E-state index in [2.05, 4.69) is 52.3 Å². The molecule has 2 aromatic carbocycles. The summed E-state index contributed by atoms with van der Waals surface area (Å²) in [6.45, 7) is 1.73. The van der Waals surface area contributed by atoms with Crippen molar-refractivity contribution < 1.29 is 4.74 Å². The van der Waals surface area contributed by atoms with E-state index in [0.29, 0.717) is 6.73 Å². The maximum Gasteiger partial charge on any atom is 0.142 e. The Hall–Kier alpha value is -2.39. The molecule has 1 unspecified atom stereocenters. The van der Waals surface area contributed by atoms with E-state index < -0.39 is 0 Å². The number of pyridine rings is 1. The van der Waals surface area contributed by atoms with E-state index >= 15 is 0 Å². The van der Waals surface area contributed by atoms with Crippen molar-refractivity contribution in [3.8, 4) is 5.75 Å². The van der Waals surface area contributed by atoms with Crippen LogP contribution in [0.1, 0.15) is 29.2 Å². The van der Waals surface area contributed by atoms with Crippen molar-refractivity contribution >= 4 is 10.9 Å². The third kappa shape index (κ3) is 1.97. The molecule has 2 aliphatic heterocycles. The summed E-state index contributed by atoms with van der Waals surface area (Å²) in [4.78, 5) is 6.99. The lowest BCUT2D eigenvalue weighted by atomic mass is 9.90. The molecule has 1 aromatic heterocycles. The van der Waals surface area contributed by atoms with Gasteiger partial charge in [0.1, 0.15) is 12.5 Å². The number of ether oxygens (including phenoxy) is 1. The number of aryl methyl sites for hydroxylation is 1. The van der Waals surface area contributed by atoms with Crippen molar-refractivity contribution in [3.63, 3.8) is 0 Å². The molecular formula is C20H18N2O. The minimum absolute atomic E-state index is 0.269. The Morgan fingerprint density at radius 2 is 2.00 bits per heavy atom. The van der Waals surface area contributed by atoms with Gasteiger partial charge in [-0.25, -0.2) is 0 Å². The molecule has 0 aliphatic carbocycles. The average molecular weight is 302 g/mol. The van der Waals surface area contributed by atoms with Gasteiger partial charge in [-0.3, -0.25) is 9.88 Å². The Morgan fingerprint density at radius 1 is 1.04 bits per heavy atom.